The maximum absolute atomic E-state index is 14.5. The summed E-state index contributed by atoms with van der Waals surface area (Å²) in [6.07, 6.45) is 3.99. The van der Waals surface area contributed by atoms with Crippen LogP contribution in [0.2, 0.25) is 0 Å². The van der Waals surface area contributed by atoms with Gasteiger partial charge in [-0.25, -0.2) is 0 Å². The van der Waals surface area contributed by atoms with Crippen molar-refractivity contribution >= 4 is 45.0 Å². The number of halogens is 1. The molecule has 3 aliphatic rings. The predicted molar refractivity (Wildman–Crippen MR) is 149 cm³/mol. The molecule has 186 valence electrons. The lowest BCUT2D eigenvalue weighted by Crippen LogP contribution is -2.49. The molecule has 0 aromatic heterocycles. The van der Waals surface area contributed by atoms with Crippen molar-refractivity contribution < 1.29 is 14.4 Å². The van der Waals surface area contributed by atoms with Crippen molar-refractivity contribution in [3.05, 3.63) is 105 Å². The van der Waals surface area contributed by atoms with Crippen LogP contribution in [0, 0.1) is 17.8 Å². The third kappa shape index (κ3) is 3.23. The number of Topliss-reactive ketones (excluding diaryl/α,β-unsaturated/α-hetero) is 3. The molecule has 1 aliphatic carbocycles. The second-order valence-electron chi connectivity index (χ2n) is 11.4. The summed E-state index contributed by atoms with van der Waals surface area (Å²) >= 11 is 3.52. The van der Waals surface area contributed by atoms with E-state index < -0.39 is 28.8 Å². The maximum atomic E-state index is 14.5. The molecule has 0 N–H and O–H groups in total. The van der Waals surface area contributed by atoms with Gasteiger partial charge in [0.15, 0.2) is 17.3 Å². The summed E-state index contributed by atoms with van der Waals surface area (Å²) in [5.74, 6) is -1.02. The summed E-state index contributed by atoms with van der Waals surface area (Å²) < 4.78 is 0.896. The fourth-order valence-electron chi connectivity index (χ4n) is 6.58. The van der Waals surface area contributed by atoms with E-state index in [-0.39, 0.29) is 17.3 Å². The van der Waals surface area contributed by atoms with E-state index in [9.17, 15) is 14.4 Å². The number of anilines is 1. The van der Waals surface area contributed by atoms with Crippen LogP contribution in [0.1, 0.15) is 64.1 Å². The number of carbonyl (C=O) groups is 3. The molecule has 3 atom stereocenters. The van der Waals surface area contributed by atoms with Crippen molar-refractivity contribution in [2.45, 2.75) is 45.7 Å². The van der Waals surface area contributed by atoms with Gasteiger partial charge in [-0.1, -0.05) is 96.9 Å². The third-order valence-corrected chi connectivity index (χ3v) is 8.72. The van der Waals surface area contributed by atoms with Gasteiger partial charge in [0.2, 0.25) is 0 Å². The number of rotatable bonds is 2. The first kappa shape index (κ1) is 24.1. The highest BCUT2D eigenvalue weighted by Gasteiger charge is 2.71. The number of carbonyl (C=O) groups excluding carboxylic acids is 3. The van der Waals surface area contributed by atoms with E-state index in [4.69, 9.17) is 0 Å². The van der Waals surface area contributed by atoms with Gasteiger partial charge >= 0.3 is 0 Å². The first-order chi connectivity index (χ1) is 17.6. The summed E-state index contributed by atoms with van der Waals surface area (Å²) in [7, 11) is 0. The van der Waals surface area contributed by atoms with E-state index in [1.165, 1.54) is 0 Å². The average Bonchev–Trinajstić information content (AvgIpc) is 3.29. The normalized spacial score (nSPS) is 23.3. The highest BCUT2D eigenvalue weighted by atomic mass is 79.9. The van der Waals surface area contributed by atoms with E-state index in [2.05, 4.69) is 26.9 Å². The molecule has 0 bridgehead atoms. The molecule has 37 heavy (non-hydrogen) atoms. The van der Waals surface area contributed by atoms with Gasteiger partial charge in [-0.3, -0.25) is 14.4 Å². The zero-order chi connectivity index (χ0) is 26.3. The van der Waals surface area contributed by atoms with Gasteiger partial charge in [-0.2, -0.15) is 0 Å². The number of aryl methyl sites for hydroxylation is 1. The molecule has 0 radical (unpaired) electrons. The Labute approximate surface area is 225 Å². The van der Waals surface area contributed by atoms with E-state index in [1.54, 1.807) is 24.3 Å². The quantitative estimate of drug-likeness (QED) is 0.327. The highest BCUT2D eigenvalue weighted by molar-refractivity contribution is 9.10. The molecule has 1 spiro atoms. The monoisotopic (exact) mass is 553 g/mol. The molecule has 0 amide bonds. The molecular formula is C32H28BrNO3. The molecule has 5 heteroatoms. The largest absolute Gasteiger partial charge is 0.352 e. The number of hydrogen-bond donors (Lipinski definition) is 0. The number of nitrogens with zero attached hydrogens (tertiary/aromatic N) is 1. The standard InChI is InChI=1S/C32H28BrNO3/c1-18-9-15-24-20(17-18)12-16-25-32(28(35)22-7-5-6-8-23(22)29(32)36)26(19-10-13-21(33)14-11-19)27(34(24)25)30(37)31(2,3)4/h5-17,25-27H,1-4H3. The number of ketones is 3. The van der Waals surface area contributed by atoms with Gasteiger partial charge in [-0.15, -0.1) is 0 Å². The zero-order valence-electron chi connectivity index (χ0n) is 21.3. The molecule has 2 heterocycles. The zero-order valence-corrected chi connectivity index (χ0v) is 22.9. The Balaban J connectivity index is 1.70. The van der Waals surface area contributed by atoms with Crippen LogP contribution in [-0.2, 0) is 4.79 Å². The lowest BCUT2D eigenvalue weighted by atomic mass is 9.63. The van der Waals surface area contributed by atoms with Gasteiger partial charge in [0.05, 0.1) is 12.1 Å². The second-order valence-corrected chi connectivity index (χ2v) is 12.4. The first-order valence-corrected chi connectivity index (χ1v) is 13.4. The topological polar surface area (TPSA) is 54.5 Å². The molecule has 1 saturated heterocycles. The summed E-state index contributed by atoms with van der Waals surface area (Å²) in [4.78, 5) is 45.5. The fourth-order valence-corrected chi connectivity index (χ4v) is 6.85. The molecule has 3 aromatic rings. The summed E-state index contributed by atoms with van der Waals surface area (Å²) in [5, 5.41) is 0. The Morgan fingerprint density at radius 2 is 1.54 bits per heavy atom. The van der Waals surface area contributed by atoms with Gasteiger partial charge in [0, 0.05) is 32.6 Å². The molecule has 1 fully saturated rings. The van der Waals surface area contributed by atoms with Crippen LogP contribution in [0.15, 0.2) is 77.3 Å². The third-order valence-electron chi connectivity index (χ3n) is 8.20. The molecule has 2 aliphatic heterocycles. The van der Waals surface area contributed by atoms with Crippen molar-refractivity contribution in [3.63, 3.8) is 0 Å². The van der Waals surface area contributed by atoms with Gasteiger partial charge < -0.3 is 4.90 Å². The first-order valence-electron chi connectivity index (χ1n) is 12.6. The molecule has 3 aromatic carbocycles. The SMILES string of the molecule is Cc1ccc2c(c1)C=CC1N2C(C(=O)C(C)(C)C)C(c2ccc(Br)cc2)C12C(=O)c1ccccc1C2=O. The van der Waals surface area contributed by atoms with Gasteiger partial charge in [0.25, 0.3) is 0 Å². The van der Waals surface area contributed by atoms with Crippen LogP contribution in [0.5, 0.6) is 0 Å². The van der Waals surface area contributed by atoms with Crippen LogP contribution in [0.25, 0.3) is 6.08 Å². The van der Waals surface area contributed by atoms with Gasteiger partial charge in [0.1, 0.15) is 5.41 Å². The molecule has 6 rings (SSSR count). The van der Waals surface area contributed by atoms with E-state index >= 15 is 0 Å². The smallest absolute Gasteiger partial charge is 0.180 e. The number of fused-ring (bicyclic) bond motifs is 5. The van der Waals surface area contributed by atoms with Crippen molar-refractivity contribution in [1.82, 2.24) is 0 Å². The molecule has 4 nitrogen and oxygen atoms in total. The lowest BCUT2D eigenvalue weighted by Gasteiger charge is -2.38. The number of benzene rings is 3. The van der Waals surface area contributed by atoms with Crippen LogP contribution < -0.4 is 4.90 Å². The molecular weight excluding hydrogens is 526 g/mol. The highest BCUT2D eigenvalue weighted by Crippen LogP contribution is 2.61. The van der Waals surface area contributed by atoms with Crippen LogP contribution in [-0.4, -0.2) is 29.4 Å². The fraction of sp³-hybridized carbons (Fsp3) is 0.281. The van der Waals surface area contributed by atoms with Crippen molar-refractivity contribution in [1.29, 1.82) is 0 Å². The van der Waals surface area contributed by atoms with Crippen LogP contribution >= 0.6 is 15.9 Å². The van der Waals surface area contributed by atoms with Crippen molar-refractivity contribution in [2.24, 2.45) is 10.8 Å². The Morgan fingerprint density at radius 3 is 2.14 bits per heavy atom. The average molecular weight is 554 g/mol. The number of hydrogen-bond acceptors (Lipinski definition) is 4. The molecule has 0 saturated carbocycles. The van der Waals surface area contributed by atoms with Crippen molar-refractivity contribution in [3.8, 4) is 0 Å². The lowest BCUT2D eigenvalue weighted by molar-refractivity contribution is -0.127. The Bertz CT molecular complexity index is 1480. The maximum Gasteiger partial charge on any atom is 0.180 e. The second kappa shape index (κ2) is 8.09. The van der Waals surface area contributed by atoms with E-state index in [1.807, 2.05) is 76.2 Å². The minimum Gasteiger partial charge on any atom is -0.352 e. The van der Waals surface area contributed by atoms with Crippen LogP contribution in [0.4, 0.5) is 5.69 Å². The van der Waals surface area contributed by atoms with Crippen LogP contribution in [0.3, 0.4) is 0 Å². The Hall–Kier alpha value is -3.31. The van der Waals surface area contributed by atoms with Crippen molar-refractivity contribution in [2.75, 3.05) is 4.90 Å². The minimum atomic E-state index is -1.44. The van der Waals surface area contributed by atoms with E-state index in [0.717, 1.165) is 26.9 Å². The summed E-state index contributed by atoms with van der Waals surface area (Å²) in [6, 6.07) is 19.7. The summed E-state index contributed by atoms with van der Waals surface area (Å²) in [6.45, 7) is 7.78. The van der Waals surface area contributed by atoms with Gasteiger partial charge in [-0.05, 0) is 42.3 Å². The predicted octanol–water partition coefficient (Wildman–Crippen LogP) is 6.81. The molecule has 3 unspecified atom stereocenters. The summed E-state index contributed by atoms with van der Waals surface area (Å²) in [5.41, 5.74) is 2.57. The Kier molecular flexibility index (Phi) is 5.26. The minimum absolute atomic E-state index is 0.0145. The Morgan fingerprint density at radius 1 is 0.919 bits per heavy atom. The van der Waals surface area contributed by atoms with E-state index in [0.29, 0.717) is 11.1 Å².